The van der Waals surface area contributed by atoms with E-state index in [-0.39, 0.29) is 0 Å². The van der Waals surface area contributed by atoms with Gasteiger partial charge in [-0.2, -0.15) is 0 Å². The third-order valence-electron chi connectivity index (χ3n) is 5.67. The Balaban J connectivity index is 1.55. The molecule has 2 bridgehead atoms. The average Bonchev–Trinajstić information content (AvgIpc) is 2.94. The minimum Gasteiger partial charge on any atom is -0.0766 e. The highest BCUT2D eigenvalue weighted by atomic mass is 14.5. The first-order valence-corrected chi connectivity index (χ1v) is 8.63. The van der Waals surface area contributed by atoms with Crippen molar-refractivity contribution in [1.29, 1.82) is 0 Å². The largest absolute Gasteiger partial charge is 0.0766 e. The lowest BCUT2D eigenvalue weighted by atomic mass is 9.76. The first kappa shape index (κ1) is 14.5. The van der Waals surface area contributed by atoms with Crippen LogP contribution in [0.2, 0.25) is 0 Å². The lowest BCUT2D eigenvalue weighted by Gasteiger charge is -2.27. The van der Waals surface area contributed by atoms with Crippen LogP contribution >= 0.6 is 0 Å². The molecule has 0 saturated heterocycles. The van der Waals surface area contributed by atoms with Gasteiger partial charge in [0.25, 0.3) is 0 Å². The summed E-state index contributed by atoms with van der Waals surface area (Å²) in [6, 6.07) is 21.7. The third kappa shape index (κ3) is 2.57. The Bertz CT molecular complexity index is 682. The van der Waals surface area contributed by atoms with Crippen molar-refractivity contribution >= 4 is 0 Å². The second-order valence-corrected chi connectivity index (χ2v) is 7.58. The predicted octanol–water partition coefficient (Wildman–Crippen LogP) is 5.61. The summed E-state index contributed by atoms with van der Waals surface area (Å²) >= 11 is 0. The first-order valence-electron chi connectivity index (χ1n) is 8.63. The molecule has 2 aliphatic carbocycles. The second-order valence-electron chi connectivity index (χ2n) is 7.58. The van der Waals surface area contributed by atoms with E-state index >= 15 is 0 Å². The monoisotopic (exact) mass is 300 g/mol. The van der Waals surface area contributed by atoms with Crippen LogP contribution in [0.1, 0.15) is 25.0 Å². The van der Waals surface area contributed by atoms with E-state index in [0.717, 1.165) is 12.8 Å². The van der Waals surface area contributed by atoms with Crippen LogP contribution in [-0.2, 0) is 12.8 Å². The fourth-order valence-corrected chi connectivity index (χ4v) is 4.43. The van der Waals surface area contributed by atoms with Crippen LogP contribution in [0.3, 0.4) is 0 Å². The molecule has 2 aromatic carbocycles. The molecular weight excluding hydrogens is 276 g/mol. The Hall–Kier alpha value is -2.08. The molecule has 4 rings (SSSR count). The minimum atomic E-state index is 0.341. The van der Waals surface area contributed by atoms with E-state index in [2.05, 4.69) is 86.7 Å². The van der Waals surface area contributed by atoms with Gasteiger partial charge in [-0.3, -0.25) is 0 Å². The molecule has 0 nitrogen and oxygen atoms in total. The van der Waals surface area contributed by atoms with Crippen molar-refractivity contribution in [2.45, 2.75) is 26.7 Å². The van der Waals surface area contributed by atoms with E-state index in [1.807, 2.05) is 0 Å². The predicted molar refractivity (Wildman–Crippen MR) is 97.2 cm³/mol. The molecule has 0 unspecified atom stereocenters. The van der Waals surface area contributed by atoms with E-state index in [9.17, 15) is 0 Å². The summed E-state index contributed by atoms with van der Waals surface area (Å²) < 4.78 is 0. The molecular formula is C23H24. The van der Waals surface area contributed by atoms with Gasteiger partial charge in [0.2, 0.25) is 0 Å². The second kappa shape index (κ2) is 5.53. The first-order chi connectivity index (χ1) is 11.1. The van der Waals surface area contributed by atoms with E-state index in [4.69, 9.17) is 0 Å². The van der Waals surface area contributed by atoms with E-state index < -0.39 is 0 Å². The van der Waals surface area contributed by atoms with Crippen molar-refractivity contribution in [3.63, 3.8) is 0 Å². The SMILES string of the molecule is CC1(C)[C@H]2C=C(Cc3ccccc3)[C@@H]1C=C2Cc1ccccc1. The Kier molecular flexibility index (Phi) is 3.49. The maximum Gasteiger partial charge on any atom is 0.00432 e. The van der Waals surface area contributed by atoms with Crippen molar-refractivity contribution in [3.05, 3.63) is 95.1 Å². The van der Waals surface area contributed by atoms with Gasteiger partial charge in [-0.05, 0) is 29.4 Å². The zero-order chi connectivity index (χ0) is 15.9. The van der Waals surface area contributed by atoms with Gasteiger partial charge in [-0.15, -0.1) is 0 Å². The maximum atomic E-state index is 2.57. The Morgan fingerprint density at radius 2 is 1.04 bits per heavy atom. The summed E-state index contributed by atoms with van der Waals surface area (Å²) in [4.78, 5) is 0. The van der Waals surface area contributed by atoms with Crippen LogP contribution in [-0.4, -0.2) is 0 Å². The molecule has 0 saturated carbocycles. The molecule has 2 atom stereocenters. The van der Waals surface area contributed by atoms with Gasteiger partial charge in [0.05, 0.1) is 0 Å². The van der Waals surface area contributed by atoms with Gasteiger partial charge in [0, 0.05) is 11.8 Å². The summed E-state index contributed by atoms with van der Waals surface area (Å²) in [5, 5.41) is 0. The molecule has 116 valence electrons. The number of benzene rings is 2. The van der Waals surface area contributed by atoms with E-state index in [1.165, 1.54) is 11.1 Å². The number of fused-ring (bicyclic) bond motifs is 2. The lowest BCUT2D eigenvalue weighted by Crippen LogP contribution is -2.21. The zero-order valence-electron chi connectivity index (χ0n) is 14.0. The third-order valence-corrected chi connectivity index (χ3v) is 5.67. The fourth-order valence-electron chi connectivity index (χ4n) is 4.43. The van der Waals surface area contributed by atoms with Gasteiger partial charge < -0.3 is 0 Å². The van der Waals surface area contributed by atoms with Gasteiger partial charge in [-0.25, -0.2) is 0 Å². The van der Waals surface area contributed by atoms with Crippen molar-refractivity contribution in [3.8, 4) is 0 Å². The van der Waals surface area contributed by atoms with Crippen LogP contribution in [0.4, 0.5) is 0 Å². The van der Waals surface area contributed by atoms with Gasteiger partial charge in [0.1, 0.15) is 0 Å². The summed E-state index contributed by atoms with van der Waals surface area (Å²) in [6.45, 7) is 4.87. The molecule has 0 amide bonds. The smallest absolute Gasteiger partial charge is 0.00432 e. The minimum absolute atomic E-state index is 0.341. The molecule has 2 aliphatic rings. The van der Waals surface area contributed by atoms with Crippen LogP contribution in [0.5, 0.6) is 0 Å². The molecule has 0 N–H and O–H groups in total. The quantitative estimate of drug-likeness (QED) is 0.644. The molecule has 0 radical (unpaired) electrons. The van der Waals surface area contributed by atoms with Crippen LogP contribution in [0.15, 0.2) is 84.0 Å². The molecule has 0 spiro atoms. The molecule has 2 aromatic rings. The number of rotatable bonds is 4. The van der Waals surface area contributed by atoms with E-state index in [1.54, 1.807) is 11.1 Å². The zero-order valence-corrected chi connectivity index (χ0v) is 14.0. The lowest BCUT2D eigenvalue weighted by molar-refractivity contribution is 0.284. The Morgan fingerprint density at radius 1 is 0.652 bits per heavy atom. The summed E-state index contributed by atoms with van der Waals surface area (Å²) in [6.07, 6.45) is 7.33. The highest BCUT2D eigenvalue weighted by Gasteiger charge is 2.48. The van der Waals surface area contributed by atoms with Crippen LogP contribution < -0.4 is 0 Å². The van der Waals surface area contributed by atoms with Crippen molar-refractivity contribution in [1.82, 2.24) is 0 Å². The van der Waals surface area contributed by atoms with E-state index in [0.29, 0.717) is 17.3 Å². The van der Waals surface area contributed by atoms with Crippen molar-refractivity contribution < 1.29 is 0 Å². The summed E-state index contributed by atoms with van der Waals surface area (Å²) in [5.74, 6) is 1.21. The van der Waals surface area contributed by atoms with Gasteiger partial charge in [0.15, 0.2) is 0 Å². The molecule has 0 heterocycles. The number of hydrogen-bond donors (Lipinski definition) is 0. The molecule has 0 aliphatic heterocycles. The van der Waals surface area contributed by atoms with Crippen molar-refractivity contribution in [2.75, 3.05) is 0 Å². The van der Waals surface area contributed by atoms with Crippen LogP contribution in [0.25, 0.3) is 0 Å². The molecule has 0 fully saturated rings. The van der Waals surface area contributed by atoms with Gasteiger partial charge in [-0.1, -0.05) is 97.8 Å². The molecule has 0 aromatic heterocycles. The van der Waals surface area contributed by atoms with Crippen molar-refractivity contribution in [2.24, 2.45) is 17.3 Å². The number of hydrogen-bond acceptors (Lipinski definition) is 0. The summed E-state index contributed by atoms with van der Waals surface area (Å²) in [5.41, 5.74) is 6.43. The maximum absolute atomic E-state index is 2.57. The van der Waals surface area contributed by atoms with Gasteiger partial charge >= 0.3 is 0 Å². The average molecular weight is 300 g/mol. The Morgan fingerprint density at radius 3 is 1.39 bits per heavy atom. The fraction of sp³-hybridized carbons (Fsp3) is 0.304. The standard InChI is InChI=1S/C23H24/c1-23(2)21-16-20(14-18-11-7-4-8-12-18)22(23)15-19(21)13-17-9-5-3-6-10-17/h3-12,15-16,21-22H,13-14H2,1-2H3/t21-,22-/m0/s1. The highest BCUT2D eigenvalue weighted by Crippen LogP contribution is 2.57. The summed E-state index contributed by atoms with van der Waals surface area (Å²) in [7, 11) is 0. The number of allylic oxidation sites excluding steroid dienone is 4. The molecule has 23 heavy (non-hydrogen) atoms. The topological polar surface area (TPSA) is 0 Å². The Labute approximate surface area is 139 Å². The van der Waals surface area contributed by atoms with Crippen LogP contribution in [0, 0.1) is 17.3 Å². The normalized spacial score (nSPS) is 24.4. The molecule has 0 heteroatoms. The highest BCUT2D eigenvalue weighted by molar-refractivity contribution is 5.44.